The maximum absolute atomic E-state index is 14.1. The molecule has 8 nitrogen and oxygen atoms in total. The summed E-state index contributed by atoms with van der Waals surface area (Å²) in [5.74, 6) is 0.186. The van der Waals surface area contributed by atoms with Crippen molar-refractivity contribution < 1.29 is 4.39 Å². The second-order valence-electron chi connectivity index (χ2n) is 7.61. The first-order valence-corrected chi connectivity index (χ1v) is 11.2. The smallest absolute Gasteiger partial charge is 0.176 e. The molecule has 0 fully saturated rings. The summed E-state index contributed by atoms with van der Waals surface area (Å²) >= 11 is 11.6. The maximum atomic E-state index is 14.1. The minimum Gasteiger partial charge on any atom is -0.330 e. The first-order chi connectivity index (χ1) is 15.8. The number of halogens is 2. The third kappa shape index (κ3) is 5.23. The fourth-order valence-electron chi connectivity index (χ4n) is 3.49. The van der Waals surface area contributed by atoms with E-state index in [0.29, 0.717) is 28.1 Å². The van der Waals surface area contributed by atoms with Crippen LogP contribution in [-0.2, 0) is 19.6 Å². The van der Waals surface area contributed by atoms with E-state index in [-0.39, 0.29) is 12.4 Å². The SMILES string of the molecule is CCn1ncc(Cn2cc(NC(=S)Nc3cc(C)n(Cc4c(F)cccc4Cl)n3)cn2)c1C. The number of nitrogens with one attached hydrogen (secondary N) is 2. The molecule has 3 aromatic heterocycles. The normalized spacial score (nSPS) is 11.1. The van der Waals surface area contributed by atoms with Crippen LogP contribution in [0.15, 0.2) is 42.9 Å². The van der Waals surface area contributed by atoms with Gasteiger partial charge in [-0.25, -0.2) is 4.39 Å². The Kier molecular flexibility index (Phi) is 6.75. The molecule has 11 heteroatoms. The average molecular weight is 487 g/mol. The van der Waals surface area contributed by atoms with Crippen LogP contribution in [0.1, 0.15) is 29.4 Å². The van der Waals surface area contributed by atoms with Gasteiger partial charge in [0.05, 0.1) is 31.2 Å². The quantitative estimate of drug-likeness (QED) is 0.371. The monoisotopic (exact) mass is 486 g/mol. The van der Waals surface area contributed by atoms with Gasteiger partial charge in [-0.2, -0.15) is 15.3 Å². The largest absolute Gasteiger partial charge is 0.330 e. The molecule has 4 rings (SSSR count). The zero-order chi connectivity index (χ0) is 23.5. The summed E-state index contributed by atoms with van der Waals surface area (Å²) < 4.78 is 19.6. The van der Waals surface area contributed by atoms with Crippen molar-refractivity contribution in [2.24, 2.45) is 0 Å². The fraction of sp³-hybridized carbons (Fsp3) is 0.273. The number of hydrogen-bond donors (Lipinski definition) is 2. The highest BCUT2D eigenvalue weighted by molar-refractivity contribution is 7.80. The zero-order valence-corrected chi connectivity index (χ0v) is 20.1. The Morgan fingerprint density at radius 3 is 2.67 bits per heavy atom. The molecule has 0 bridgehead atoms. The molecule has 1 aromatic carbocycles. The lowest BCUT2D eigenvalue weighted by Crippen LogP contribution is -2.19. The number of rotatable bonds is 7. The van der Waals surface area contributed by atoms with Crippen LogP contribution in [0.4, 0.5) is 15.9 Å². The molecule has 0 saturated heterocycles. The van der Waals surface area contributed by atoms with Gasteiger partial charge >= 0.3 is 0 Å². The van der Waals surface area contributed by atoms with Crippen LogP contribution in [0, 0.1) is 19.7 Å². The fourth-order valence-corrected chi connectivity index (χ4v) is 3.94. The molecule has 2 N–H and O–H groups in total. The van der Waals surface area contributed by atoms with Crippen molar-refractivity contribution >= 4 is 40.4 Å². The molecule has 172 valence electrons. The number of hydrogen-bond acceptors (Lipinski definition) is 4. The van der Waals surface area contributed by atoms with Crippen LogP contribution in [0.5, 0.6) is 0 Å². The minimum absolute atomic E-state index is 0.222. The molecule has 0 aliphatic carbocycles. The van der Waals surface area contributed by atoms with E-state index in [1.807, 2.05) is 34.7 Å². The van der Waals surface area contributed by atoms with Gasteiger partial charge in [-0.15, -0.1) is 0 Å². The third-order valence-corrected chi connectivity index (χ3v) is 5.88. The molecular formula is C22H24ClFN8S. The molecule has 0 atom stereocenters. The number of nitrogens with zero attached hydrogens (tertiary/aromatic N) is 6. The Bertz CT molecular complexity index is 1270. The van der Waals surface area contributed by atoms with Gasteiger partial charge in [0.1, 0.15) is 5.82 Å². The molecule has 33 heavy (non-hydrogen) atoms. The summed E-state index contributed by atoms with van der Waals surface area (Å²) in [6, 6.07) is 6.46. The van der Waals surface area contributed by atoms with E-state index in [0.717, 1.165) is 29.2 Å². The van der Waals surface area contributed by atoms with Gasteiger partial charge in [-0.1, -0.05) is 17.7 Å². The molecule has 3 heterocycles. The van der Waals surface area contributed by atoms with E-state index in [1.54, 1.807) is 23.0 Å². The van der Waals surface area contributed by atoms with Crippen LogP contribution in [-0.4, -0.2) is 34.5 Å². The molecule has 0 spiro atoms. The lowest BCUT2D eigenvalue weighted by atomic mass is 10.2. The lowest BCUT2D eigenvalue weighted by Gasteiger charge is -2.08. The second kappa shape index (κ2) is 9.72. The number of aryl methyl sites for hydroxylation is 2. The summed E-state index contributed by atoms with van der Waals surface area (Å²) in [5, 5.41) is 20.1. The lowest BCUT2D eigenvalue weighted by molar-refractivity contribution is 0.581. The summed E-state index contributed by atoms with van der Waals surface area (Å²) in [6.45, 7) is 7.67. The molecule has 0 aliphatic heterocycles. The van der Waals surface area contributed by atoms with Crippen molar-refractivity contribution in [2.45, 2.75) is 40.4 Å². The molecule has 0 unspecified atom stereocenters. The van der Waals surface area contributed by atoms with Crippen molar-refractivity contribution in [1.82, 2.24) is 29.3 Å². The predicted molar refractivity (Wildman–Crippen MR) is 131 cm³/mol. The first kappa shape index (κ1) is 22.9. The van der Waals surface area contributed by atoms with E-state index >= 15 is 0 Å². The maximum Gasteiger partial charge on any atom is 0.176 e. The van der Waals surface area contributed by atoms with Crippen LogP contribution < -0.4 is 10.6 Å². The molecule has 0 amide bonds. The third-order valence-electron chi connectivity index (χ3n) is 5.32. The van der Waals surface area contributed by atoms with Gasteiger partial charge in [0.15, 0.2) is 10.9 Å². The highest BCUT2D eigenvalue weighted by Crippen LogP contribution is 2.21. The highest BCUT2D eigenvalue weighted by Gasteiger charge is 2.12. The Balaban J connectivity index is 1.37. The minimum atomic E-state index is -0.363. The summed E-state index contributed by atoms with van der Waals surface area (Å²) in [5.41, 5.74) is 4.23. The molecule has 0 saturated carbocycles. The van der Waals surface area contributed by atoms with Gasteiger partial charge in [-0.3, -0.25) is 14.0 Å². The van der Waals surface area contributed by atoms with E-state index < -0.39 is 0 Å². The molecule has 4 aromatic rings. The van der Waals surface area contributed by atoms with E-state index in [1.165, 1.54) is 6.07 Å². The van der Waals surface area contributed by atoms with Crippen LogP contribution in [0.25, 0.3) is 0 Å². The van der Waals surface area contributed by atoms with Crippen LogP contribution in [0.2, 0.25) is 5.02 Å². The molecular weight excluding hydrogens is 463 g/mol. The van der Waals surface area contributed by atoms with E-state index in [4.69, 9.17) is 23.8 Å². The van der Waals surface area contributed by atoms with Gasteiger partial charge in [-0.05, 0) is 45.1 Å². The average Bonchev–Trinajstić information content (AvgIpc) is 3.45. The van der Waals surface area contributed by atoms with Crippen LogP contribution in [0.3, 0.4) is 0 Å². The van der Waals surface area contributed by atoms with Gasteiger partial charge < -0.3 is 10.6 Å². The highest BCUT2D eigenvalue weighted by atomic mass is 35.5. The molecule has 0 aliphatic rings. The van der Waals surface area contributed by atoms with Crippen molar-refractivity contribution in [3.8, 4) is 0 Å². The van der Waals surface area contributed by atoms with Gasteiger partial charge in [0.2, 0.25) is 0 Å². The van der Waals surface area contributed by atoms with E-state index in [9.17, 15) is 4.39 Å². The standard InChI is InChI=1S/C22H24ClFN8S/c1-4-31-15(3)16(9-26-31)11-30-12-17(10-25-30)27-22(33)28-21-8-14(2)32(29-21)13-18-19(23)6-5-7-20(18)24/h5-10,12H,4,11,13H2,1-3H3,(H2,27,28,29,33). The number of aromatic nitrogens is 6. The van der Waals surface area contributed by atoms with Crippen molar-refractivity contribution in [3.05, 3.63) is 76.2 Å². The van der Waals surface area contributed by atoms with E-state index in [2.05, 4.69) is 39.8 Å². The Hall–Kier alpha value is -3.24. The van der Waals surface area contributed by atoms with Crippen LogP contribution >= 0.6 is 23.8 Å². The number of thiocarbonyl (C=S) groups is 1. The Morgan fingerprint density at radius 1 is 1.12 bits per heavy atom. The van der Waals surface area contributed by atoms with Gasteiger partial charge in [0.25, 0.3) is 0 Å². The molecule has 0 radical (unpaired) electrons. The Labute approximate surface area is 201 Å². The van der Waals surface area contributed by atoms with Crippen molar-refractivity contribution in [1.29, 1.82) is 0 Å². The first-order valence-electron chi connectivity index (χ1n) is 10.4. The zero-order valence-electron chi connectivity index (χ0n) is 18.5. The predicted octanol–water partition coefficient (Wildman–Crippen LogP) is 4.61. The topological polar surface area (TPSA) is 77.5 Å². The Morgan fingerprint density at radius 2 is 1.94 bits per heavy atom. The summed E-state index contributed by atoms with van der Waals surface area (Å²) in [7, 11) is 0. The van der Waals surface area contributed by atoms with Crippen molar-refractivity contribution in [2.75, 3.05) is 10.6 Å². The van der Waals surface area contributed by atoms with Crippen molar-refractivity contribution in [3.63, 3.8) is 0 Å². The summed E-state index contributed by atoms with van der Waals surface area (Å²) in [6.07, 6.45) is 5.45. The number of benzene rings is 1. The summed E-state index contributed by atoms with van der Waals surface area (Å²) in [4.78, 5) is 0. The van der Waals surface area contributed by atoms with Gasteiger partial charge in [0, 0.05) is 46.3 Å². The number of anilines is 2. The second-order valence-corrected chi connectivity index (χ2v) is 8.42.